The molecular weight excluding hydrogens is 286 g/mol. The Hall–Kier alpha value is -2.10. The summed E-state index contributed by atoms with van der Waals surface area (Å²) in [5.41, 5.74) is 3.29. The molecule has 0 aromatic heterocycles. The summed E-state index contributed by atoms with van der Waals surface area (Å²) in [6, 6.07) is 16.5. The molecule has 3 nitrogen and oxygen atoms in total. The van der Waals surface area contributed by atoms with Crippen LogP contribution in [-0.2, 0) is 0 Å². The SMILES string of the molecule is C=Cc1ccccc1-c1ccccc1OCC1C[C@@H](O)CN1C. The number of hydrogen-bond donors (Lipinski definition) is 1. The molecule has 0 bridgehead atoms. The second-order valence-corrected chi connectivity index (χ2v) is 6.08. The normalized spacial score (nSPS) is 21.3. The number of ether oxygens (including phenoxy) is 1. The number of aliphatic hydroxyl groups is 1. The first kappa shape index (κ1) is 15.8. The van der Waals surface area contributed by atoms with Gasteiger partial charge in [0.05, 0.1) is 6.10 Å². The van der Waals surface area contributed by atoms with Gasteiger partial charge in [0.2, 0.25) is 0 Å². The van der Waals surface area contributed by atoms with Gasteiger partial charge in [0.25, 0.3) is 0 Å². The lowest BCUT2D eigenvalue weighted by atomic mass is 9.99. The monoisotopic (exact) mass is 309 g/mol. The molecule has 2 aromatic carbocycles. The van der Waals surface area contributed by atoms with Gasteiger partial charge in [-0.1, -0.05) is 55.1 Å². The third-order valence-corrected chi connectivity index (χ3v) is 4.46. The largest absolute Gasteiger partial charge is 0.491 e. The van der Waals surface area contributed by atoms with Gasteiger partial charge in [-0.25, -0.2) is 0 Å². The molecule has 1 aliphatic rings. The summed E-state index contributed by atoms with van der Waals surface area (Å²) in [6.07, 6.45) is 2.39. The average Bonchev–Trinajstić information content (AvgIpc) is 2.90. The topological polar surface area (TPSA) is 32.7 Å². The Balaban J connectivity index is 1.82. The van der Waals surface area contributed by atoms with E-state index in [4.69, 9.17) is 4.74 Å². The zero-order valence-electron chi connectivity index (χ0n) is 13.5. The zero-order valence-corrected chi connectivity index (χ0v) is 13.5. The van der Waals surface area contributed by atoms with Crippen molar-refractivity contribution in [1.29, 1.82) is 0 Å². The van der Waals surface area contributed by atoms with Crippen molar-refractivity contribution in [2.24, 2.45) is 0 Å². The lowest BCUT2D eigenvalue weighted by molar-refractivity contribution is 0.182. The third-order valence-electron chi connectivity index (χ3n) is 4.46. The van der Waals surface area contributed by atoms with Crippen molar-refractivity contribution in [3.63, 3.8) is 0 Å². The van der Waals surface area contributed by atoms with Crippen molar-refractivity contribution >= 4 is 6.08 Å². The molecule has 3 heteroatoms. The van der Waals surface area contributed by atoms with Gasteiger partial charge < -0.3 is 9.84 Å². The highest BCUT2D eigenvalue weighted by molar-refractivity contribution is 5.78. The number of aliphatic hydroxyl groups excluding tert-OH is 1. The van der Waals surface area contributed by atoms with Crippen molar-refractivity contribution in [1.82, 2.24) is 4.90 Å². The fraction of sp³-hybridized carbons (Fsp3) is 0.300. The van der Waals surface area contributed by atoms with Gasteiger partial charge >= 0.3 is 0 Å². The quantitative estimate of drug-likeness (QED) is 0.918. The Kier molecular flexibility index (Phi) is 4.79. The number of nitrogens with zero attached hydrogens (tertiary/aromatic N) is 1. The number of benzene rings is 2. The van der Waals surface area contributed by atoms with E-state index >= 15 is 0 Å². The highest BCUT2D eigenvalue weighted by Crippen LogP contribution is 2.33. The fourth-order valence-corrected chi connectivity index (χ4v) is 3.17. The lowest BCUT2D eigenvalue weighted by Gasteiger charge is -2.20. The van der Waals surface area contributed by atoms with Crippen LogP contribution in [0, 0.1) is 0 Å². The van der Waals surface area contributed by atoms with E-state index in [0.29, 0.717) is 6.61 Å². The van der Waals surface area contributed by atoms with E-state index in [1.807, 2.05) is 43.5 Å². The molecule has 120 valence electrons. The Labute approximate surface area is 137 Å². The number of β-amino-alcohol motifs (C(OH)–C–C–N with tert-alkyl or cyclic N) is 1. The van der Waals surface area contributed by atoms with E-state index in [0.717, 1.165) is 35.4 Å². The first-order chi connectivity index (χ1) is 11.2. The predicted octanol–water partition coefficient (Wildman–Crippen LogP) is 3.44. The van der Waals surface area contributed by atoms with Crippen LogP contribution < -0.4 is 4.74 Å². The molecule has 0 aliphatic carbocycles. The van der Waals surface area contributed by atoms with Crippen LogP contribution in [0.2, 0.25) is 0 Å². The van der Waals surface area contributed by atoms with Crippen LogP contribution in [0.1, 0.15) is 12.0 Å². The Morgan fingerprint density at radius 2 is 1.87 bits per heavy atom. The molecule has 0 spiro atoms. The minimum Gasteiger partial charge on any atom is -0.491 e. The third kappa shape index (κ3) is 3.46. The van der Waals surface area contributed by atoms with E-state index in [1.54, 1.807) is 0 Å². The second-order valence-electron chi connectivity index (χ2n) is 6.08. The Morgan fingerprint density at radius 1 is 1.17 bits per heavy atom. The summed E-state index contributed by atoms with van der Waals surface area (Å²) in [7, 11) is 2.03. The highest BCUT2D eigenvalue weighted by Gasteiger charge is 2.28. The van der Waals surface area contributed by atoms with Crippen molar-refractivity contribution in [3.8, 4) is 16.9 Å². The van der Waals surface area contributed by atoms with Gasteiger partial charge in [-0.15, -0.1) is 0 Å². The van der Waals surface area contributed by atoms with Gasteiger partial charge in [0, 0.05) is 18.2 Å². The smallest absolute Gasteiger partial charge is 0.127 e. The Morgan fingerprint density at radius 3 is 2.57 bits per heavy atom. The van der Waals surface area contributed by atoms with Crippen LogP contribution in [0.15, 0.2) is 55.1 Å². The molecule has 0 radical (unpaired) electrons. The van der Waals surface area contributed by atoms with Gasteiger partial charge in [0.15, 0.2) is 0 Å². The first-order valence-electron chi connectivity index (χ1n) is 8.01. The van der Waals surface area contributed by atoms with Crippen molar-refractivity contribution in [2.45, 2.75) is 18.6 Å². The van der Waals surface area contributed by atoms with E-state index in [9.17, 15) is 5.11 Å². The van der Waals surface area contributed by atoms with Gasteiger partial charge in [-0.2, -0.15) is 0 Å². The van der Waals surface area contributed by atoms with Gasteiger partial charge in [0.1, 0.15) is 12.4 Å². The molecule has 1 saturated heterocycles. The lowest BCUT2D eigenvalue weighted by Crippen LogP contribution is -2.30. The maximum atomic E-state index is 9.76. The van der Waals surface area contributed by atoms with Crippen LogP contribution in [0.25, 0.3) is 17.2 Å². The number of likely N-dealkylation sites (tertiary alicyclic amines) is 1. The van der Waals surface area contributed by atoms with E-state index in [1.165, 1.54) is 0 Å². The van der Waals surface area contributed by atoms with Crippen molar-refractivity contribution in [2.75, 3.05) is 20.2 Å². The summed E-state index contributed by atoms with van der Waals surface area (Å²) in [5.74, 6) is 0.872. The minimum absolute atomic E-state index is 0.245. The van der Waals surface area contributed by atoms with Crippen LogP contribution in [-0.4, -0.2) is 42.4 Å². The average molecular weight is 309 g/mol. The van der Waals surface area contributed by atoms with E-state index in [2.05, 4.69) is 29.7 Å². The van der Waals surface area contributed by atoms with Crippen molar-refractivity contribution in [3.05, 3.63) is 60.7 Å². The van der Waals surface area contributed by atoms with Crippen LogP contribution >= 0.6 is 0 Å². The maximum absolute atomic E-state index is 9.76. The number of hydrogen-bond acceptors (Lipinski definition) is 3. The summed E-state index contributed by atoms with van der Waals surface area (Å²) < 4.78 is 6.11. The predicted molar refractivity (Wildman–Crippen MR) is 94.5 cm³/mol. The molecule has 3 rings (SSSR count). The number of likely N-dealkylation sites (N-methyl/N-ethyl adjacent to an activating group) is 1. The standard InChI is InChI=1S/C20H23NO2/c1-3-15-8-4-5-9-18(15)19-10-6-7-11-20(19)23-14-16-12-17(22)13-21(16)2/h3-11,16-17,22H,1,12-14H2,2H3/t16?,17-/m1/s1. The molecule has 1 aliphatic heterocycles. The Bertz CT molecular complexity index is 683. The summed E-state index contributed by atoms with van der Waals surface area (Å²) in [5, 5.41) is 9.76. The second kappa shape index (κ2) is 6.99. The molecule has 1 N–H and O–H groups in total. The highest BCUT2D eigenvalue weighted by atomic mass is 16.5. The van der Waals surface area contributed by atoms with Crippen LogP contribution in [0.5, 0.6) is 5.75 Å². The molecule has 1 unspecified atom stereocenters. The summed E-state index contributed by atoms with van der Waals surface area (Å²) in [6.45, 7) is 5.20. The molecule has 2 atom stereocenters. The molecule has 0 saturated carbocycles. The van der Waals surface area contributed by atoms with Gasteiger partial charge in [-0.05, 0) is 30.7 Å². The zero-order chi connectivity index (χ0) is 16.2. The fourth-order valence-electron chi connectivity index (χ4n) is 3.17. The number of rotatable bonds is 5. The number of para-hydroxylation sites is 1. The van der Waals surface area contributed by atoms with Crippen molar-refractivity contribution < 1.29 is 9.84 Å². The maximum Gasteiger partial charge on any atom is 0.127 e. The molecule has 1 heterocycles. The molecule has 2 aromatic rings. The van der Waals surface area contributed by atoms with E-state index < -0.39 is 0 Å². The minimum atomic E-state index is -0.245. The van der Waals surface area contributed by atoms with Gasteiger partial charge in [-0.3, -0.25) is 4.90 Å². The molecule has 0 amide bonds. The summed E-state index contributed by atoms with van der Waals surface area (Å²) >= 11 is 0. The summed E-state index contributed by atoms with van der Waals surface area (Å²) in [4.78, 5) is 2.16. The van der Waals surface area contributed by atoms with E-state index in [-0.39, 0.29) is 12.1 Å². The molecule has 1 fully saturated rings. The van der Waals surface area contributed by atoms with Crippen LogP contribution in [0.4, 0.5) is 0 Å². The molecule has 23 heavy (non-hydrogen) atoms. The first-order valence-corrected chi connectivity index (χ1v) is 8.01. The molecular formula is C20H23NO2. The van der Waals surface area contributed by atoms with Crippen LogP contribution in [0.3, 0.4) is 0 Å².